The fraction of sp³-hybridized carbons (Fsp3) is 0.636. The van der Waals surface area contributed by atoms with Gasteiger partial charge in [-0.2, -0.15) is 0 Å². The molecule has 0 aromatic heterocycles. The van der Waals surface area contributed by atoms with Crippen LogP contribution >= 0.6 is 0 Å². The summed E-state index contributed by atoms with van der Waals surface area (Å²) in [5, 5.41) is 0. The van der Waals surface area contributed by atoms with E-state index in [0.29, 0.717) is 19.6 Å². The number of likely N-dealkylation sites (tertiary alicyclic amines) is 1. The van der Waals surface area contributed by atoms with Gasteiger partial charge in [-0.15, -0.1) is 0 Å². The monoisotopic (exact) mass is 388 g/mol. The number of nitrogens with zero attached hydrogens (tertiary/aromatic N) is 2. The van der Waals surface area contributed by atoms with E-state index in [1.54, 1.807) is 4.90 Å². The number of hydrogen-bond acceptors (Lipinski definition) is 4. The van der Waals surface area contributed by atoms with Gasteiger partial charge in [0, 0.05) is 25.6 Å². The maximum atomic E-state index is 12.7. The Bertz CT molecular complexity index is 694. The lowest BCUT2D eigenvalue weighted by Crippen LogP contribution is -2.49. The lowest BCUT2D eigenvalue weighted by Gasteiger charge is -2.36. The second kappa shape index (κ2) is 8.02. The molecule has 3 rings (SSSR count). The second-order valence-corrected chi connectivity index (χ2v) is 8.80. The molecule has 6 nitrogen and oxygen atoms in total. The summed E-state index contributed by atoms with van der Waals surface area (Å²) in [6.07, 6.45) is 2.30. The first kappa shape index (κ1) is 20.5. The predicted molar refractivity (Wildman–Crippen MR) is 107 cm³/mol. The Morgan fingerprint density at radius 1 is 1.21 bits per heavy atom. The Morgan fingerprint density at radius 2 is 1.89 bits per heavy atom. The van der Waals surface area contributed by atoms with Crippen molar-refractivity contribution in [3.8, 4) is 0 Å². The van der Waals surface area contributed by atoms with E-state index in [1.807, 2.05) is 62.9 Å². The third-order valence-corrected chi connectivity index (χ3v) is 5.64. The lowest BCUT2D eigenvalue weighted by molar-refractivity contribution is 0.00668. The van der Waals surface area contributed by atoms with Gasteiger partial charge in [0.2, 0.25) is 0 Å². The van der Waals surface area contributed by atoms with Gasteiger partial charge in [-0.25, -0.2) is 9.59 Å². The molecule has 1 saturated heterocycles. The van der Waals surface area contributed by atoms with Crippen molar-refractivity contribution in [2.24, 2.45) is 5.92 Å². The van der Waals surface area contributed by atoms with Gasteiger partial charge < -0.3 is 19.3 Å². The topological polar surface area (TPSA) is 59.1 Å². The number of amides is 2. The minimum absolute atomic E-state index is 0.175. The highest BCUT2D eigenvalue weighted by atomic mass is 16.6. The third kappa shape index (κ3) is 4.59. The van der Waals surface area contributed by atoms with Crippen molar-refractivity contribution in [2.45, 2.75) is 64.7 Å². The molecule has 6 heteroatoms. The first-order valence-electron chi connectivity index (χ1n) is 10.2. The highest BCUT2D eigenvalue weighted by Crippen LogP contribution is 2.51. The molecule has 1 atom stereocenters. The summed E-state index contributed by atoms with van der Waals surface area (Å²) in [6.45, 7) is 9.85. The largest absolute Gasteiger partial charge is 0.445 e. The molecule has 0 unspecified atom stereocenters. The molecule has 0 bridgehead atoms. The molecule has 1 aliphatic carbocycles. The normalized spacial score (nSPS) is 20.6. The van der Waals surface area contributed by atoms with Crippen LogP contribution in [-0.4, -0.2) is 52.8 Å². The van der Waals surface area contributed by atoms with Crippen molar-refractivity contribution in [2.75, 3.05) is 19.6 Å². The van der Waals surface area contributed by atoms with Crippen LogP contribution in [0.15, 0.2) is 30.3 Å². The fourth-order valence-electron chi connectivity index (χ4n) is 4.14. The fourth-order valence-corrected chi connectivity index (χ4v) is 4.14. The Hall–Kier alpha value is -2.24. The summed E-state index contributed by atoms with van der Waals surface area (Å²) in [4.78, 5) is 28.8. The third-order valence-electron chi connectivity index (χ3n) is 5.64. The van der Waals surface area contributed by atoms with Gasteiger partial charge in [-0.1, -0.05) is 30.3 Å². The molecule has 0 radical (unpaired) electrons. The van der Waals surface area contributed by atoms with Gasteiger partial charge in [-0.3, -0.25) is 0 Å². The zero-order chi connectivity index (χ0) is 20.4. The van der Waals surface area contributed by atoms with E-state index in [1.165, 1.54) is 0 Å². The Morgan fingerprint density at radius 3 is 2.46 bits per heavy atom. The molecule has 28 heavy (non-hydrogen) atoms. The SMILES string of the molecule is CCN(C(=O)OC(C)(C)C)C1([C@@H]2CCN(C(=O)OCc3ccccc3)C2)CC1. The number of benzene rings is 1. The van der Waals surface area contributed by atoms with Gasteiger partial charge in [0.25, 0.3) is 0 Å². The van der Waals surface area contributed by atoms with Crippen LogP contribution in [0.4, 0.5) is 9.59 Å². The van der Waals surface area contributed by atoms with Gasteiger partial charge in [0.05, 0.1) is 5.54 Å². The highest BCUT2D eigenvalue weighted by Gasteiger charge is 2.57. The Kier molecular flexibility index (Phi) is 5.87. The maximum absolute atomic E-state index is 12.7. The van der Waals surface area contributed by atoms with Gasteiger partial charge in [-0.05, 0) is 52.5 Å². The maximum Gasteiger partial charge on any atom is 0.410 e. The molecule has 0 N–H and O–H groups in total. The number of carbonyl (C=O) groups excluding carboxylic acids is 2. The summed E-state index contributed by atoms with van der Waals surface area (Å²) in [5.74, 6) is 0.268. The molecule has 1 aliphatic heterocycles. The van der Waals surface area contributed by atoms with Crippen molar-refractivity contribution < 1.29 is 19.1 Å². The number of ether oxygens (including phenoxy) is 2. The predicted octanol–water partition coefficient (Wildman–Crippen LogP) is 4.43. The van der Waals surface area contributed by atoms with Crippen molar-refractivity contribution in [3.63, 3.8) is 0 Å². The minimum atomic E-state index is -0.510. The van der Waals surface area contributed by atoms with E-state index in [0.717, 1.165) is 24.8 Å². The summed E-state index contributed by atoms with van der Waals surface area (Å²) in [5.41, 5.74) is 0.294. The van der Waals surface area contributed by atoms with Crippen molar-refractivity contribution in [3.05, 3.63) is 35.9 Å². The zero-order valence-corrected chi connectivity index (χ0v) is 17.4. The van der Waals surface area contributed by atoms with Crippen LogP contribution in [-0.2, 0) is 16.1 Å². The molecule has 1 saturated carbocycles. The van der Waals surface area contributed by atoms with E-state index in [9.17, 15) is 9.59 Å². The summed E-state index contributed by atoms with van der Waals surface area (Å²) in [6, 6.07) is 9.69. The quantitative estimate of drug-likeness (QED) is 0.748. The molecular formula is C22H32N2O4. The first-order valence-corrected chi connectivity index (χ1v) is 10.2. The van der Waals surface area contributed by atoms with E-state index in [-0.39, 0.29) is 30.3 Å². The van der Waals surface area contributed by atoms with Crippen molar-refractivity contribution in [1.29, 1.82) is 0 Å². The standard InChI is InChI=1S/C22H32N2O4/c1-5-24(20(26)28-21(2,3)4)22(12-13-22)18-11-14-23(15-18)19(25)27-16-17-9-7-6-8-10-17/h6-10,18H,5,11-16H2,1-4H3/t18-/m1/s1. The van der Waals surface area contributed by atoms with Gasteiger partial charge in [0.1, 0.15) is 12.2 Å². The highest BCUT2D eigenvalue weighted by molar-refractivity contribution is 5.70. The molecule has 1 aromatic rings. The Labute approximate surface area is 167 Å². The molecule has 2 fully saturated rings. The average molecular weight is 389 g/mol. The summed E-state index contributed by atoms with van der Waals surface area (Å²) < 4.78 is 11.1. The van der Waals surface area contributed by atoms with Crippen LogP contribution in [0.3, 0.4) is 0 Å². The molecule has 1 aromatic carbocycles. The number of carbonyl (C=O) groups is 2. The minimum Gasteiger partial charge on any atom is -0.445 e. The first-order chi connectivity index (χ1) is 13.2. The number of rotatable bonds is 5. The van der Waals surface area contributed by atoms with Gasteiger partial charge in [0.15, 0.2) is 0 Å². The zero-order valence-electron chi connectivity index (χ0n) is 17.4. The van der Waals surface area contributed by atoms with Crippen LogP contribution in [0.1, 0.15) is 52.5 Å². The molecule has 2 amide bonds. The summed E-state index contributed by atoms with van der Waals surface area (Å²) in [7, 11) is 0. The molecule has 0 spiro atoms. The Balaban J connectivity index is 1.57. The molecular weight excluding hydrogens is 356 g/mol. The van der Waals surface area contributed by atoms with E-state index in [4.69, 9.17) is 9.47 Å². The number of hydrogen-bond donors (Lipinski definition) is 0. The van der Waals surface area contributed by atoms with E-state index < -0.39 is 5.60 Å². The van der Waals surface area contributed by atoms with Crippen LogP contribution < -0.4 is 0 Å². The van der Waals surface area contributed by atoms with Gasteiger partial charge >= 0.3 is 12.2 Å². The van der Waals surface area contributed by atoms with Crippen LogP contribution in [0, 0.1) is 5.92 Å². The molecule has 1 heterocycles. The lowest BCUT2D eigenvalue weighted by atomic mass is 9.95. The van der Waals surface area contributed by atoms with Crippen LogP contribution in [0.5, 0.6) is 0 Å². The van der Waals surface area contributed by atoms with E-state index >= 15 is 0 Å². The average Bonchev–Trinajstić information content (AvgIpc) is 3.27. The smallest absolute Gasteiger partial charge is 0.410 e. The van der Waals surface area contributed by atoms with Crippen molar-refractivity contribution >= 4 is 12.2 Å². The van der Waals surface area contributed by atoms with Crippen LogP contribution in [0.2, 0.25) is 0 Å². The molecule has 154 valence electrons. The molecule has 2 aliphatic rings. The van der Waals surface area contributed by atoms with Crippen LogP contribution in [0.25, 0.3) is 0 Å². The second-order valence-electron chi connectivity index (χ2n) is 8.80. The summed E-state index contributed by atoms with van der Waals surface area (Å²) >= 11 is 0. The van der Waals surface area contributed by atoms with E-state index in [2.05, 4.69) is 0 Å². The van der Waals surface area contributed by atoms with Crippen molar-refractivity contribution in [1.82, 2.24) is 9.80 Å².